The summed E-state index contributed by atoms with van der Waals surface area (Å²) < 4.78 is 11.5. The van der Waals surface area contributed by atoms with Crippen molar-refractivity contribution < 1.29 is 14.3 Å². The van der Waals surface area contributed by atoms with Crippen LogP contribution >= 0.6 is 0 Å². The van der Waals surface area contributed by atoms with Gasteiger partial charge in [0, 0.05) is 31.8 Å². The second-order valence-electron chi connectivity index (χ2n) is 5.27. The molecule has 3 rings (SSSR count). The summed E-state index contributed by atoms with van der Waals surface area (Å²) in [6.07, 6.45) is 4.08. The van der Waals surface area contributed by atoms with Crippen LogP contribution in [0.25, 0.3) is 0 Å². The molecule has 0 aromatic rings. The Morgan fingerprint density at radius 3 is 2.76 bits per heavy atom. The van der Waals surface area contributed by atoms with Crippen LogP contribution in [0, 0.1) is 0 Å². The smallest absolute Gasteiger partial charge is 0.222 e. The molecule has 2 atom stereocenters. The normalized spacial score (nSPS) is 37.0. The van der Waals surface area contributed by atoms with Gasteiger partial charge in [0.05, 0.1) is 19.3 Å². The molecule has 17 heavy (non-hydrogen) atoms. The number of ether oxygens (including phenoxy) is 2. The summed E-state index contributed by atoms with van der Waals surface area (Å²) in [5, 5.41) is 0. The first-order valence-corrected chi connectivity index (χ1v) is 6.53. The molecule has 2 unspecified atom stereocenters. The summed E-state index contributed by atoms with van der Waals surface area (Å²) in [5.74, 6) is -0.218. The van der Waals surface area contributed by atoms with Gasteiger partial charge in [0.15, 0.2) is 5.79 Å². The van der Waals surface area contributed by atoms with Gasteiger partial charge in [-0.05, 0) is 12.8 Å². The second-order valence-corrected chi connectivity index (χ2v) is 5.27. The van der Waals surface area contributed by atoms with E-state index in [9.17, 15) is 4.79 Å². The third kappa shape index (κ3) is 1.96. The van der Waals surface area contributed by atoms with Crippen LogP contribution in [0.4, 0.5) is 0 Å². The number of hydrogen-bond donors (Lipinski definition) is 1. The number of carbonyl (C=O) groups excluding carboxylic acids is 1. The molecule has 0 aromatic carbocycles. The van der Waals surface area contributed by atoms with Crippen LogP contribution in [0.3, 0.4) is 0 Å². The van der Waals surface area contributed by atoms with Crippen LogP contribution in [0.1, 0.15) is 32.1 Å². The van der Waals surface area contributed by atoms with Gasteiger partial charge in [0.25, 0.3) is 0 Å². The summed E-state index contributed by atoms with van der Waals surface area (Å²) in [6, 6.07) is 0.160. The Labute approximate surface area is 101 Å². The van der Waals surface area contributed by atoms with E-state index in [1.807, 2.05) is 4.90 Å². The first-order chi connectivity index (χ1) is 8.20. The number of amides is 1. The van der Waals surface area contributed by atoms with Crippen LogP contribution in [0.15, 0.2) is 0 Å². The molecule has 1 aliphatic carbocycles. The van der Waals surface area contributed by atoms with E-state index in [-0.39, 0.29) is 18.0 Å². The molecule has 1 spiro atoms. The predicted molar refractivity (Wildman–Crippen MR) is 61.2 cm³/mol. The molecule has 0 aromatic heterocycles. The van der Waals surface area contributed by atoms with Crippen molar-refractivity contribution in [2.45, 2.75) is 50.0 Å². The summed E-state index contributed by atoms with van der Waals surface area (Å²) >= 11 is 0. The average Bonchev–Trinajstić information content (AvgIpc) is 2.92. The third-order valence-electron chi connectivity index (χ3n) is 4.20. The van der Waals surface area contributed by atoms with Crippen LogP contribution in [-0.2, 0) is 14.3 Å². The monoisotopic (exact) mass is 240 g/mol. The molecule has 2 N–H and O–H groups in total. The Kier molecular flexibility index (Phi) is 2.84. The molecule has 2 heterocycles. The van der Waals surface area contributed by atoms with E-state index in [4.69, 9.17) is 15.2 Å². The van der Waals surface area contributed by atoms with Crippen molar-refractivity contribution in [2.75, 3.05) is 19.8 Å². The number of carbonyl (C=O) groups is 1. The maximum Gasteiger partial charge on any atom is 0.222 e. The number of nitrogens with two attached hydrogens (primary N) is 1. The number of nitrogens with zero attached hydrogens (tertiary/aromatic N) is 1. The van der Waals surface area contributed by atoms with Gasteiger partial charge in [0.1, 0.15) is 0 Å². The lowest BCUT2D eigenvalue weighted by atomic mass is 9.85. The molecule has 5 heteroatoms. The van der Waals surface area contributed by atoms with Crippen LogP contribution < -0.4 is 5.73 Å². The van der Waals surface area contributed by atoms with Crippen molar-refractivity contribution in [3.8, 4) is 0 Å². The van der Waals surface area contributed by atoms with Crippen LogP contribution in [-0.4, -0.2) is 48.4 Å². The highest BCUT2D eigenvalue weighted by atomic mass is 16.7. The minimum absolute atomic E-state index is 0.0653. The van der Waals surface area contributed by atoms with Crippen molar-refractivity contribution in [1.29, 1.82) is 0 Å². The first kappa shape index (κ1) is 11.4. The van der Waals surface area contributed by atoms with E-state index >= 15 is 0 Å². The Balaban J connectivity index is 1.75. The molecule has 5 nitrogen and oxygen atoms in total. The molecule has 1 amide bonds. The standard InChI is InChI=1S/C12H20N2O3/c13-9-3-4-12(16-6-7-17-12)8-10(9)14-5-1-2-11(14)15/h9-10H,1-8,13H2. The molecule has 2 saturated heterocycles. The Hall–Kier alpha value is -0.650. The Morgan fingerprint density at radius 2 is 2.12 bits per heavy atom. The zero-order valence-corrected chi connectivity index (χ0v) is 10.1. The quantitative estimate of drug-likeness (QED) is 0.712. The minimum atomic E-state index is -0.455. The highest BCUT2D eigenvalue weighted by Crippen LogP contribution is 2.38. The van der Waals surface area contributed by atoms with Crippen molar-refractivity contribution in [2.24, 2.45) is 5.73 Å². The van der Waals surface area contributed by atoms with Gasteiger partial charge in [-0.2, -0.15) is 0 Å². The molecule has 1 saturated carbocycles. The third-order valence-corrected chi connectivity index (χ3v) is 4.20. The van der Waals surface area contributed by atoms with Crippen molar-refractivity contribution in [1.82, 2.24) is 4.90 Å². The molecule has 2 aliphatic heterocycles. The van der Waals surface area contributed by atoms with Crippen molar-refractivity contribution >= 4 is 5.91 Å². The van der Waals surface area contributed by atoms with Gasteiger partial charge < -0.3 is 20.1 Å². The van der Waals surface area contributed by atoms with E-state index in [0.29, 0.717) is 19.6 Å². The lowest BCUT2D eigenvalue weighted by Crippen LogP contribution is -2.56. The summed E-state index contributed by atoms with van der Waals surface area (Å²) in [4.78, 5) is 13.8. The average molecular weight is 240 g/mol. The van der Waals surface area contributed by atoms with Gasteiger partial charge in [-0.15, -0.1) is 0 Å². The van der Waals surface area contributed by atoms with E-state index in [1.165, 1.54) is 0 Å². The van der Waals surface area contributed by atoms with Crippen molar-refractivity contribution in [3.05, 3.63) is 0 Å². The molecular weight excluding hydrogens is 220 g/mol. The lowest BCUT2D eigenvalue weighted by Gasteiger charge is -2.43. The topological polar surface area (TPSA) is 64.8 Å². The van der Waals surface area contributed by atoms with E-state index in [1.54, 1.807) is 0 Å². The van der Waals surface area contributed by atoms with E-state index in [0.717, 1.165) is 32.2 Å². The van der Waals surface area contributed by atoms with E-state index < -0.39 is 5.79 Å². The van der Waals surface area contributed by atoms with Gasteiger partial charge in [-0.25, -0.2) is 0 Å². The number of hydrogen-bond acceptors (Lipinski definition) is 4. The fraction of sp³-hybridized carbons (Fsp3) is 0.917. The first-order valence-electron chi connectivity index (χ1n) is 6.53. The number of likely N-dealkylation sites (tertiary alicyclic amines) is 1. The second kappa shape index (κ2) is 4.23. The molecule has 96 valence electrons. The molecule has 3 fully saturated rings. The summed E-state index contributed by atoms with van der Waals surface area (Å²) in [6.45, 7) is 2.17. The fourth-order valence-corrected chi connectivity index (χ4v) is 3.27. The van der Waals surface area contributed by atoms with Gasteiger partial charge in [-0.3, -0.25) is 4.79 Å². The van der Waals surface area contributed by atoms with Crippen LogP contribution in [0.2, 0.25) is 0 Å². The zero-order chi connectivity index (χ0) is 11.9. The highest BCUT2D eigenvalue weighted by Gasteiger charge is 2.47. The highest BCUT2D eigenvalue weighted by molar-refractivity contribution is 5.78. The largest absolute Gasteiger partial charge is 0.347 e. The minimum Gasteiger partial charge on any atom is -0.347 e. The summed E-state index contributed by atoms with van der Waals surface area (Å²) in [7, 11) is 0. The number of rotatable bonds is 1. The maximum atomic E-state index is 11.8. The lowest BCUT2D eigenvalue weighted by molar-refractivity contribution is -0.191. The Morgan fingerprint density at radius 1 is 1.35 bits per heavy atom. The molecule has 3 aliphatic rings. The predicted octanol–water partition coefficient (Wildman–Crippen LogP) is 0.232. The van der Waals surface area contributed by atoms with Crippen LogP contribution in [0.5, 0.6) is 0 Å². The SMILES string of the molecule is NC1CCC2(CC1N1CCCC1=O)OCCO2. The fourth-order valence-electron chi connectivity index (χ4n) is 3.27. The van der Waals surface area contributed by atoms with Gasteiger partial charge in [0.2, 0.25) is 5.91 Å². The van der Waals surface area contributed by atoms with Crippen molar-refractivity contribution in [3.63, 3.8) is 0 Å². The molecule has 0 bridgehead atoms. The molecule has 0 radical (unpaired) electrons. The molecular formula is C12H20N2O3. The zero-order valence-electron chi connectivity index (χ0n) is 10.1. The Bertz CT molecular complexity index is 315. The van der Waals surface area contributed by atoms with E-state index in [2.05, 4.69) is 0 Å². The van der Waals surface area contributed by atoms with Gasteiger partial charge in [-0.1, -0.05) is 0 Å². The van der Waals surface area contributed by atoms with Gasteiger partial charge >= 0.3 is 0 Å². The maximum absolute atomic E-state index is 11.8. The summed E-state index contributed by atoms with van der Waals surface area (Å²) in [5.41, 5.74) is 6.17.